The lowest BCUT2D eigenvalue weighted by molar-refractivity contribution is 0.305. The van der Waals surface area contributed by atoms with Gasteiger partial charge in [0, 0.05) is 6.04 Å². The van der Waals surface area contributed by atoms with Crippen LogP contribution >= 0.6 is 0 Å². The molecule has 3 aromatic rings. The van der Waals surface area contributed by atoms with E-state index in [0.717, 1.165) is 18.7 Å². The van der Waals surface area contributed by atoms with E-state index in [0.29, 0.717) is 18.6 Å². The molecule has 150 valence electrons. The Morgan fingerprint density at radius 3 is 1.97 bits per heavy atom. The van der Waals surface area contributed by atoms with Crippen LogP contribution in [0.15, 0.2) is 84.9 Å². The van der Waals surface area contributed by atoms with Gasteiger partial charge in [0.1, 0.15) is 12.4 Å². The largest absolute Gasteiger partial charge is 0.489 e. The maximum Gasteiger partial charge on any atom is 0.119 e. The van der Waals surface area contributed by atoms with E-state index in [2.05, 4.69) is 84.2 Å². The molecule has 0 aliphatic heterocycles. The van der Waals surface area contributed by atoms with Crippen molar-refractivity contribution in [3.05, 3.63) is 102 Å². The van der Waals surface area contributed by atoms with Gasteiger partial charge in [0.25, 0.3) is 0 Å². The minimum Gasteiger partial charge on any atom is -0.489 e. The zero-order valence-corrected chi connectivity index (χ0v) is 17.1. The maximum atomic E-state index is 5.92. The molecule has 2 heteroatoms. The first-order valence-corrected chi connectivity index (χ1v) is 10.9. The minimum absolute atomic E-state index is 0.625. The van der Waals surface area contributed by atoms with Gasteiger partial charge in [-0.05, 0) is 73.4 Å². The van der Waals surface area contributed by atoms with Gasteiger partial charge in [-0.25, -0.2) is 0 Å². The van der Waals surface area contributed by atoms with Crippen LogP contribution in [0.25, 0.3) is 0 Å². The van der Waals surface area contributed by atoms with Crippen LogP contribution in [0, 0.1) is 0 Å². The van der Waals surface area contributed by atoms with Gasteiger partial charge in [0.05, 0.1) is 0 Å². The van der Waals surface area contributed by atoms with Crippen molar-refractivity contribution in [1.82, 2.24) is 5.32 Å². The molecule has 2 nitrogen and oxygen atoms in total. The Morgan fingerprint density at radius 1 is 0.690 bits per heavy atom. The van der Waals surface area contributed by atoms with Crippen molar-refractivity contribution in [2.45, 2.75) is 50.7 Å². The smallest absolute Gasteiger partial charge is 0.119 e. The highest BCUT2D eigenvalue weighted by atomic mass is 16.5. The lowest BCUT2D eigenvalue weighted by atomic mass is 9.81. The summed E-state index contributed by atoms with van der Waals surface area (Å²) in [5.74, 6) is 1.64. The second-order valence-electron chi connectivity index (χ2n) is 8.08. The molecule has 1 aliphatic carbocycles. The summed E-state index contributed by atoms with van der Waals surface area (Å²) in [6, 6.07) is 30.5. The molecule has 1 saturated carbocycles. The first-order chi connectivity index (χ1) is 14.4. The minimum atomic E-state index is 0.625. The summed E-state index contributed by atoms with van der Waals surface area (Å²) in [6.45, 7) is 1.70. The van der Waals surface area contributed by atoms with Crippen LogP contribution in [0.5, 0.6) is 5.75 Å². The van der Waals surface area contributed by atoms with E-state index in [9.17, 15) is 0 Å². The standard InChI is InChI=1S/C27H31NO/c1-3-7-22(8-4-1)19-20-28-26-15-11-24(12-16-26)25-13-17-27(18-14-25)29-21-23-9-5-2-6-10-23/h1-10,13-14,17-18,24,26,28H,11-12,15-16,19-21H2/t24-,26-. The number of hydrogen-bond acceptors (Lipinski definition) is 2. The van der Waals surface area contributed by atoms with E-state index in [4.69, 9.17) is 4.74 Å². The molecule has 0 aromatic heterocycles. The van der Waals surface area contributed by atoms with Crippen molar-refractivity contribution in [3.63, 3.8) is 0 Å². The maximum absolute atomic E-state index is 5.92. The van der Waals surface area contributed by atoms with Crippen molar-refractivity contribution in [3.8, 4) is 5.75 Å². The Balaban J connectivity index is 1.19. The molecule has 1 fully saturated rings. The highest BCUT2D eigenvalue weighted by Crippen LogP contribution is 2.33. The molecule has 0 heterocycles. The highest BCUT2D eigenvalue weighted by molar-refractivity contribution is 5.30. The molecule has 0 amide bonds. The predicted octanol–water partition coefficient (Wildman–Crippen LogP) is 6.12. The normalized spacial score (nSPS) is 19.0. The predicted molar refractivity (Wildman–Crippen MR) is 120 cm³/mol. The van der Waals surface area contributed by atoms with Gasteiger partial charge < -0.3 is 10.1 Å². The van der Waals surface area contributed by atoms with Gasteiger partial charge in [-0.1, -0.05) is 72.8 Å². The van der Waals surface area contributed by atoms with Crippen molar-refractivity contribution >= 4 is 0 Å². The second-order valence-corrected chi connectivity index (χ2v) is 8.08. The molecular formula is C27H31NO. The quantitative estimate of drug-likeness (QED) is 0.504. The molecule has 1 N–H and O–H groups in total. The molecule has 0 radical (unpaired) electrons. The Labute approximate surface area is 174 Å². The zero-order valence-electron chi connectivity index (χ0n) is 17.1. The molecule has 4 rings (SSSR count). The van der Waals surface area contributed by atoms with Crippen molar-refractivity contribution in [1.29, 1.82) is 0 Å². The Kier molecular flexibility index (Phi) is 6.98. The summed E-state index contributed by atoms with van der Waals surface area (Å²) in [5.41, 5.74) is 4.08. The summed E-state index contributed by atoms with van der Waals surface area (Å²) in [7, 11) is 0. The molecular weight excluding hydrogens is 354 g/mol. The van der Waals surface area contributed by atoms with E-state index in [1.165, 1.54) is 42.4 Å². The molecule has 0 bridgehead atoms. The Morgan fingerprint density at radius 2 is 1.31 bits per heavy atom. The highest BCUT2D eigenvalue weighted by Gasteiger charge is 2.21. The van der Waals surface area contributed by atoms with Crippen LogP contribution in [0.3, 0.4) is 0 Å². The van der Waals surface area contributed by atoms with Crippen LogP contribution in [-0.2, 0) is 13.0 Å². The summed E-state index contributed by atoms with van der Waals surface area (Å²) in [6.07, 6.45) is 6.20. The van der Waals surface area contributed by atoms with Crippen molar-refractivity contribution in [2.24, 2.45) is 0 Å². The van der Waals surface area contributed by atoms with E-state index in [1.54, 1.807) is 0 Å². The number of hydrogen-bond donors (Lipinski definition) is 1. The number of ether oxygens (including phenoxy) is 1. The van der Waals surface area contributed by atoms with Gasteiger partial charge in [0.2, 0.25) is 0 Å². The molecule has 1 aliphatic rings. The van der Waals surface area contributed by atoms with Crippen molar-refractivity contribution < 1.29 is 4.74 Å². The third-order valence-corrected chi connectivity index (χ3v) is 6.02. The summed E-state index contributed by atoms with van der Waals surface area (Å²) < 4.78 is 5.92. The van der Waals surface area contributed by atoms with Crippen molar-refractivity contribution in [2.75, 3.05) is 6.54 Å². The first-order valence-electron chi connectivity index (χ1n) is 10.9. The van der Waals surface area contributed by atoms with Gasteiger partial charge in [-0.2, -0.15) is 0 Å². The fourth-order valence-electron chi connectivity index (χ4n) is 4.27. The third-order valence-electron chi connectivity index (χ3n) is 6.02. The number of nitrogens with one attached hydrogen (secondary N) is 1. The van der Waals surface area contributed by atoms with Crippen LogP contribution in [-0.4, -0.2) is 12.6 Å². The Bertz CT molecular complexity index is 837. The van der Waals surface area contributed by atoms with Gasteiger partial charge in [-0.15, -0.1) is 0 Å². The third kappa shape index (κ3) is 5.95. The zero-order chi connectivity index (χ0) is 19.7. The van der Waals surface area contributed by atoms with Crippen LogP contribution < -0.4 is 10.1 Å². The van der Waals surface area contributed by atoms with E-state index < -0.39 is 0 Å². The SMILES string of the molecule is c1ccc(CCN[C@H]2CC[C@H](c3ccc(OCc4ccccc4)cc3)CC2)cc1. The van der Waals surface area contributed by atoms with Crippen LogP contribution in [0.1, 0.15) is 48.3 Å². The molecule has 3 aromatic carbocycles. The molecule has 0 spiro atoms. The monoisotopic (exact) mass is 385 g/mol. The van der Waals surface area contributed by atoms with Gasteiger partial charge >= 0.3 is 0 Å². The Hall–Kier alpha value is -2.58. The second kappa shape index (κ2) is 10.3. The van der Waals surface area contributed by atoms with E-state index in [-0.39, 0.29) is 0 Å². The molecule has 29 heavy (non-hydrogen) atoms. The van der Waals surface area contributed by atoms with Crippen LogP contribution in [0.4, 0.5) is 0 Å². The molecule has 0 atom stereocenters. The fraction of sp³-hybridized carbons (Fsp3) is 0.333. The molecule has 0 saturated heterocycles. The molecule has 0 unspecified atom stereocenters. The summed E-state index contributed by atoms with van der Waals surface area (Å²) >= 11 is 0. The lowest BCUT2D eigenvalue weighted by Crippen LogP contribution is -2.34. The van der Waals surface area contributed by atoms with Gasteiger partial charge in [-0.3, -0.25) is 0 Å². The van der Waals surface area contributed by atoms with Gasteiger partial charge in [0.15, 0.2) is 0 Å². The summed E-state index contributed by atoms with van der Waals surface area (Å²) in [4.78, 5) is 0. The number of benzene rings is 3. The first kappa shape index (κ1) is 19.7. The van der Waals surface area contributed by atoms with E-state index in [1.807, 2.05) is 6.07 Å². The average molecular weight is 386 g/mol. The average Bonchev–Trinajstić information content (AvgIpc) is 2.80. The number of rotatable bonds is 8. The summed E-state index contributed by atoms with van der Waals surface area (Å²) in [5, 5.41) is 3.76. The lowest BCUT2D eigenvalue weighted by Gasteiger charge is -2.29. The van der Waals surface area contributed by atoms with E-state index >= 15 is 0 Å². The van der Waals surface area contributed by atoms with Crippen LogP contribution in [0.2, 0.25) is 0 Å². The fourth-order valence-corrected chi connectivity index (χ4v) is 4.27. The topological polar surface area (TPSA) is 21.3 Å².